The number of fused-ring (bicyclic) bond motifs is 1. The molecule has 8 nitrogen and oxygen atoms in total. The molecule has 0 radical (unpaired) electrons. The minimum absolute atomic E-state index is 0.00842. The minimum atomic E-state index is -0.577. The lowest BCUT2D eigenvalue weighted by Crippen LogP contribution is -2.42. The summed E-state index contributed by atoms with van der Waals surface area (Å²) in [6, 6.07) is 7.30. The summed E-state index contributed by atoms with van der Waals surface area (Å²) in [6.07, 6.45) is 4.62. The van der Waals surface area contributed by atoms with Crippen molar-refractivity contribution in [2.45, 2.75) is 43.2 Å². The van der Waals surface area contributed by atoms with E-state index in [2.05, 4.69) is 10.3 Å². The number of carbonyl (C=O) groups excluding carboxylic acids is 1. The summed E-state index contributed by atoms with van der Waals surface area (Å²) in [5.74, 6) is -0.316. The molecule has 164 valence electrons. The van der Waals surface area contributed by atoms with Crippen molar-refractivity contribution in [1.82, 2.24) is 19.4 Å². The Bertz CT molecular complexity index is 1210. The third-order valence-corrected chi connectivity index (χ3v) is 7.31. The summed E-state index contributed by atoms with van der Waals surface area (Å²) in [5, 5.41) is 2.83. The Kier molecular flexibility index (Phi) is 6.59. The van der Waals surface area contributed by atoms with Gasteiger partial charge >= 0.3 is 5.69 Å². The molecule has 2 aromatic heterocycles. The molecule has 0 unspecified atom stereocenters. The van der Waals surface area contributed by atoms with E-state index in [4.69, 9.17) is 4.74 Å². The SMILES string of the molecule is CCc1ccc(-n2c(=O)c3sc(SC)nc3n(CC(=O)NC[C@H]3CCCO3)c2=O)cc1. The lowest BCUT2D eigenvalue weighted by atomic mass is 10.1. The van der Waals surface area contributed by atoms with Gasteiger partial charge in [0.1, 0.15) is 11.2 Å². The monoisotopic (exact) mass is 460 g/mol. The number of rotatable bonds is 7. The van der Waals surface area contributed by atoms with Crippen LogP contribution >= 0.6 is 23.1 Å². The van der Waals surface area contributed by atoms with E-state index in [0.29, 0.717) is 27.9 Å². The second-order valence-electron chi connectivity index (χ2n) is 7.31. The number of ether oxygens (including phenoxy) is 1. The van der Waals surface area contributed by atoms with Gasteiger partial charge in [-0.15, -0.1) is 11.3 Å². The van der Waals surface area contributed by atoms with Crippen LogP contribution in [-0.4, -0.2) is 45.5 Å². The molecule has 1 atom stereocenters. The van der Waals surface area contributed by atoms with Crippen molar-refractivity contribution in [3.63, 3.8) is 0 Å². The number of aromatic nitrogens is 3. The van der Waals surface area contributed by atoms with Crippen LogP contribution in [0.25, 0.3) is 16.0 Å². The summed E-state index contributed by atoms with van der Waals surface area (Å²) in [5.41, 5.74) is 0.832. The van der Waals surface area contributed by atoms with E-state index in [0.717, 1.165) is 29.4 Å². The number of hydrogen-bond donors (Lipinski definition) is 1. The third-order valence-electron chi connectivity index (χ3n) is 5.29. The Morgan fingerprint density at radius 1 is 1.32 bits per heavy atom. The van der Waals surface area contributed by atoms with Crippen LogP contribution in [-0.2, 0) is 22.5 Å². The first kappa shape index (κ1) is 21.8. The van der Waals surface area contributed by atoms with E-state index in [1.165, 1.54) is 27.7 Å². The molecule has 0 aliphatic carbocycles. The van der Waals surface area contributed by atoms with E-state index in [-0.39, 0.29) is 24.2 Å². The van der Waals surface area contributed by atoms with Crippen LogP contribution in [0, 0.1) is 0 Å². The fourth-order valence-corrected chi connectivity index (χ4v) is 5.08. The van der Waals surface area contributed by atoms with Gasteiger partial charge in [-0.2, -0.15) is 0 Å². The minimum Gasteiger partial charge on any atom is -0.376 e. The number of thioether (sulfide) groups is 1. The van der Waals surface area contributed by atoms with Gasteiger partial charge in [-0.1, -0.05) is 30.8 Å². The highest BCUT2D eigenvalue weighted by atomic mass is 32.2. The smallest absolute Gasteiger partial charge is 0.337 e. The molecule has 0 saturated carbocycles. The summed E-state index contributed by atoms with van der Waals surface area (Å²) < 4.78 is 8.96. The average Bonchev–Trinajstić information content (AvgIpc) is 3.46. The molecule has 1 aromatic carbocycles. The predicted molar refractivity (Wildman–Crippen MR) is 123 cm³/mol. The number of nitrogens with one attached hydrogen (secondary N) is 1. The van der Waals surface area contributed by atoms with Crippen molar-refractivity contribution in [3.8, 4) is 5.69 Å². The van der Waals surface area contributed by atoms with E-state index >= 15 is 0 Å². The molecule has 10 heteroatoms. The van der Waals surface area contributed by atoms with Crippen LogP contribution in [0.3, 0.4) is 0 Å². The molecular weight excluding hydrogens is 436 g/mol. The van der Waals surface area contributed by atoms with Gasteiger partial charge in [0.2, 0.25) is 5.91 Å². The fourth-order valence-electron chi connectivity index (χ4n) is 3.59. The van der Waals surface area contributed by atoms with Gasteiger partial charge in [0, 0.05) is 13.2 Å². The Morgan fingerprint density at radius 3 is 2.74 bits per heavy atom. The van der Waals surface area contributed by atoms with Gasteiger partial charge in [-0.25, -0.2) is 14.3 Å². The Hall–Kier alpha value is -2.43. The van der Waals surface area contributed by atoms with Gasteiger partial charge in [-0.05, 0) is 43.2 Å². The number of benzene rings is 1. The average molecular weight is 461 g/mol. The number of carbonyl (C=O) groups is 1. The third kappa shape index (κ3) is 4.46. The van der Waals surface area contributed by atoms with Gasteiger partial charge in [0.05, 0.1) is 11.8 Å². The first-order chi connectivity index (χ1) is 15.0. The summed E-state index contributed by atoms with van der Waals surface area (Å²) in [4.78, 5) is 43.5. The van der Waals surface area contributed by atoms with E-state index < -0.39 is 11.2 Å². The van der Waals surface area contributed by atoms with Crippen molar-refractivity contribution in [2.75, 3.05) is 19.4 Å². The topological polar surface area (TPSA) is 95.2 Å². The second-order valence-corrected chi connectivity index (χ2v) is 9.36. The Labute approximate surface area is 187 Å². The lowest BCUT2D eigenvalue weighted by Gasteiger charge is -2.13. The Morgan fingerprint density at radius 2 is 2.10 bits per heavy atom. The second kappa shape index (κ2) is 9.37. The lowest BCUT2D eigenvalue weighted by molar-refractivity contribution is -0.122. The van der Waals surface area contributed by atoms with Crippen LogP contribution < -0.4 is 16.6 Å². The molecule has 1 aliphatic heterocycles. The van der Waals surface area contributed by atoms with Crippen LogP contribution in [0.2, 0.25) is 0 Å². The number of amides is 1. The van der Waals surface area contributed by atoms with Crippen molar-refractivity contribution < 1.29 is 9.53 Å². The van der Waals surface area contributed by atoms with Crippen molar-refractivity contribution >= 4 is 39.4 Å². The van der Waals surface area contributed by atoms with Crippen LogP contribution in [0.4, 0.5) is 0 Å². The summed E-state index contributed by atoms with van der Waals surface area (Å²) in [7, 11) is 0. The molecule has 3 aromatic rings. The standard InChI is InChI=1S/C21H24N4O4S2/c1-3-13-6-8-14(9-7-13)25-19(27)17-18(23-20(30-2)31-17)24(21(25)28)12-16(26)22-11-15-5-4-10-29-15/h6-9,15H,3-5,10-12H2,1-2H3,(H,22,26)/t15-/m1/s1. The normalized spacial score (nSPS) is 16.1. The summed E-state index contributed by atoms with van der Waals surface area (Å²) >= 11 is 2.63. The van der Waals surface area contributed by atoms with Crippen LogP contribution in [0.15, 0.2) is 38.2 Å². The first-order valence-corrected chi connectivity index (χ1v) is 12.2. The molecule has 1 amide bonds. The summed E-state index contributed by atoms with van der Waals surface area (Å²) in [6.45, 7) is 2.93. The maximum atomic E-state index is 13.3. The molecule has 0 bridgehead atoms. The van der Waals surface area contributed by atoms with Crippen molar-refractivity contribution in [3.05, 3.63) is 50.7 Å². The zero-order valence-electron chi connectivity index (χ0n) is 17.4. The van der Waals surface area contributed by atoms with Gasteiger partial charge in [-0.3, -0.25) is 14.2 Å². The van der Waals surface area contributed by atoms with Crippen LogP contribution in [0.1, 0.15) is 25.3 Å². The fraction of sp³-hybridized carbons (Fsp3) is 0.429. The maximum Gasteiger partial charge on any atom is 0.337 e. The molecule has 0 spiro atoms. The quantitative estimate of drug-likeness (QED) is 0.543. The molecule has 3 heterocycles. The predicted octanol–water partition coefficient (Wildman–Crippen LogP) is 2.19. The molecule has 31 heavy (non-hydrogen) atoms. The highest BCUT2D eigenvalue weighted by molar-refractivity contribution is 8.00. The van der Waals surface area contributed by atoms with Crippen LogP contribution in [0.5, 0.6) is 0 Å². The molecule has 1 N–H and O–H groups in total. The largest absolute Gasteiger partial charge is 0.376 e. The zero-order chi connectivity index (χ0) is 22.0. The maximum absolute atomic E-state index is 13.3. The zero-order valence-corrected chi connectivity index (χ0v) is 19.1. The van der Waals surface area contributed by atoms with E-state index in [1.807, 2.05) is 25.3 Å². The number of thiazole rings is 1. The molecule has 4 rings (SSSR count). The van der Waals surface area contributed by atoms with Gasteiger partial charge in [0.15, 0.2) is 9.99 Å². The van der Waals surface area contributed by atoms with Gasteiger partial charge in [0.25, 0.3) is 5.56 Å². The van der Waals surface area contributed by atoms with E-state index in [1.54, 1.807) is 12.1 Å². The Balaban J connectivity index is 1.75. The first-order valence-electron chi connectivity index (χ1n) is 10.2. The van der Waals surface area contributed by atoms with E-state index in [9.17, 15) is 14.4 Å². The molecule has 1 aliphatic rings. The molecule has 1 fully saturated rings. The number of aryl methyl sites for hydroxylation is 1. The molecular formula is C21H24N4O4S2. The number of nitrogens with zero attached hydrogens (tertiary/aromatic N) is 3. The number of hydrogen-bond acceptors (Lipinski definition) is 7. The molecule has 1 saturated heterocycles. The van der Waals surface area contributed by atoms with Crippen molar-refractivity contribution in [1.29, 1.82) is 0 Å². The highest BCUT2D eigenvalue weighted by Gasteiger charge is 2.21. The van der Waals surface area contributed by atoms with Gasteiger partial charge < -0.3 is 10.1 Å². The highest BCUT2D eigenvalue weighted by Crippen LogP contribution is 2.25. The van der Waals surface area contributed by atoms with Crippen molar-refractivity contribution in [2.24, 2.45) is 0 Å².